The van der Waals surface area contributed by atoms with Crippen LogP contribution in [-0.4, -0.2) is 9.55 Å². The van der Waals surface area contributed by atoms with E-state index in [1.54, 1.807) is 6.07 Å². The summed E-state index contributed by atoms with van der Waals surface area (Å²) in [6, 6.07) is 9.24. The highest BCUT2D eigenvalue weighted by Crippen LogP contribution is 2.27. The van der Waals surface area contributed by atoms with Gasteiger partial charge in [-0.2, -0.15) is 0 Å². The van der Waals surface area contributed by atoms with Crippen LogP contribution >= 0.6 is 22.9 Å². The number of fused-ring (bicyclic) bond motifs is 1. The fourth-order valence-electron chi connectivity index (χ4n) is 2.69. The van der Waals surface area contributed by atoms with Crippen LogP contribution in [-0.2, 0) is 12.3 Å². The highest BCUT2D eigenvalue weighted by molar-refractivity contribution is 7.11. The molecule has 1 unspecified atom stereocenters. The molecule has 2 nitrogen and oxygen atoms in total. The molecule has 3 aromatic rings. The molecule has 0 aliphatic rings. The Balaban J connectivity index is 2.01. The van der Waals surface area contributed by atoms with E-state index in [-0.39, 0.29) is 11.9 Å². The third-order valence-corrected chi connectivity index (χ3v) is 4.84. The Morgan fingerprint density at radius 3 is 2.81 bits per heavy atom. The summed E-state index contributed by atoms with van der Waals surface area (Å²) in [4.78, 5) is 7.10. The van der Waals surface area contributed by atoms with Crippen LogP contribution in [0.2, 0.25) is 0 Å². The SMILES string of the molecule is Cc1ccc(CC(C)n2c(CCl)nc3cc(F)ccc32)s1. The van der Waals surface area contributed by atoms with Crippen molar-refractivity contribution >= 4 is 34.0 Å². The Labute approximate surface area is 132 Å². The maximum absolute atomic E-state index is 13.4. The minimum atomic E-state index is -0.269. The van der Waals surface area contributed by atoms with Crippen molar-refractivity contribution in [1.82, 2.24) is 9.55 Å². The van der Waals surface area contributed by atoms with Gasteiger partial charge in [0.15, 0.2) is 0 Å². The summed E-state index contributed by atoms with van der Waals surface area (Å²) < 4.78 is 15.5. The first kappa shape index (κ1) is 14.5. The quantitative estimate of drug-likeness (QED) is 0.612. The van der Waals surface area contributed by atoms with E-state index in [2.05, 4.69) is 35.5 Å². The van der Waals surface area contributed by atoms with Gasteiger partial charge < -0.3 is 4.57 Å². The minimum absolute atomic E-state index is 0.229. The van der Waals surface area contributed by atoms with Gasteiger partial charge in [0, 0.05) is 28.3 Å². The van der Waals surface area contributed by atoms with E-state index < -0.39 is 0 Å². The van der Waals surface area contributed by atoms with Crippen LogP contribution in [0.1, 0.15) is 28.5 Å². The normalized spacial score (nSPS) is 13.0. The standard InChI is InChI=1S/C16H16ClFN2S/c1-10(7-13-5-3-11(2)21-13)20-15-6-4-12(18)8-14(15)19-16(20)9-17/h3-6,8,10H,7,9H2,1-2H3. The topological polar surface area (TPSA) is 17.8 Å². The second-order valence-corrected chi connectivity index (χ2v) is 6.87. The number of halogens is 2. The van der Waals surface area contributed by atoms with Crippen molar-refractivity contribution in [3.8, 4) is 0 Å². The fourth-order valence-corrected chi connectivity index (χ4v) is 3.88. The zero-order valence-corrected chi connectivity index (χ0v) is 13.5. The maximum Gasteiger partial charge on any atom is 0.125 e. The third kappa shape index (κ3) is 2.83. The molecule has 21 heavy (non-hydrogen) atoms. The Morgan fingerprint density at radius 1 is 1.33 bits per heavy atom. The number of nitrogens with zero attached hydrogens (tertiary/aromatic N) is 2. The molecule has 5 heteroatoms. The lowest BCUT2D eigenvalue weighted by atomic mass is 10.2. The van der Waals surface area contributed by atoms with Crippen molar-refractivity contribution in [1.29, 1.82) is 0 Å². The Kier molecular flexibility index (Phi) is 4.00. The highest BCUT2D eigenvalue weighted by atomic mass is 35.5. The lowest BCUT2D eigenvalue weighted by molar-refractivity contribution is 0.547. The van der Waals surface area contributed by atoms with Crippen molar-refractivity contribution < 1.29 is 4.39 Å². The highest BCUT2D eigenvalue weighted by Gasteiger charge is 2.16. The summed E-state index contributed by atoms with van der Waals surface area (Å²) in [5.41, 5.74) is 1.60. The number of thiophene rings is 1. The van der Waals surface area contributed by atoms with E-state index in [1.807, 2.05) is 11.3 Å². The molecule has 3 rings (SSSR count). The molecule has 0 N–H and O–H groups in total. The molecule has 0 aliphatic carbocycles. The number of hydrogen-bond donors (Lipinski definition) is 0. The van der Waals surface area contributed by atoms with Gasteiger partial charge >= 0.3 is 0 Å². The first-order valence-corrected chi connectivity index (χ1v) is 8.21. The van der Waals surface area contributed by atoms with Crippen LogP contribution in [0.4, 0.5) is 4.39 Å². The van der Waals surface area contributed by atoms with Gasteiger partial charge in [-0.1, -0.05) is 0 Å². The van der Waals surface area contributed by atoms with Gasteiger partial charge in [-0.3, -0.25) is 0 Å². The Morgan fingerprint density at radius 2 is 2.14 bits per heavy atom. The average molecular weight is 323 g/mol. The zero-order valence-electron chi connectivity index (χ0n) is 11.9. The Hall–Kier alpha value is -1.39. The van der Waals surface area contributed by atoms with Crippen molar-refractivity contribution in [2.24, 2.45) is 0 Å². The molecule has 0 saturated heterocycles. The first-order chi connectivity index (χ1) is 10.1. The summed E-state index contributed by atoms with van der Waals surface area (Å²) in [7, 11) is 0. The lowest BCUT2D eigenvalue weighted by Gasteiger charge is -2.16. The van der Waals surface area contributed by atoms with E-state index in [0.29, 0.717) is 11.4 Å². The van der Waals surface area contributed by atoms with Crippen LogP contribution in [0.5, 0.6) is 0 Å². The molecule has 0 amide bonds. The monoisotopic (exact) mass is 322 g/mol. The number of alkyl halides is 1. The number of imidazole rings is 1. The lowest BCUT2D eigenvalue weighted by Crippen LogP contribution is -2.10. The van der Waals surface area contributed by atoms with Crippen molar-refractivity contribution in [3.63, 3.8) is 0 Å². The second kappa shape index (κ2) is 5.78. The summed E-state index contributed by atoms with van der Waals surface area (Å²) in [5, 5.41) is 0. The molecule has 1 atom stereocenters. The van der Waals surface area contributed by atoms with Crippen LogP contribution in [0.25, 0.3) is 11.0 Å². The van der Waals surface area contributed by atoms with Crippen LogP contribution in [0, 0.1) is 12.7 Å². The van der Waals surface area contributed by atoms with Gasteiger partial charge in [-0.25, -0.2) is 9.37 Å². The van der Waals surface area contributed by atoms with Gasteiger partial charge in [0.05, 0.1) is 16.9 Å². The molecule has 1 aromatic carbocycles. The van der Waals surface area contributed by atoms with Crippen LogP contribution < -0.4 is 0 Å². The van der Waals surface area contributed by atoms with E-state index in [1.165, 1.54) is 21.9 Å². The van der Waals surface area contributed by atoms with Gasteiger partial charge in [0.25, 0.3) is 0 Å². The summed E-state index contributed by atoms with van der Waals surface area (Å²) in [6.07, 6.45) is 0.922. The van der Waals surface area contributed by atoms with Gasteiger partial charge in [0.1, 0.15) is 11.6 Å². The summed E-state index contributed by atoms with van der Waals surface area (Å²) in [5.74, 6) is 0.845. The summed E-state index contributed by atoms with van der Waals surface area (Å²) in [6.45, 7) is 4.26. The number of aryl methyl sites for hydroxylation is 1. The predicted octanol–water partition coefficient (Wildman–Crippen LogP) is 5.09. The molecule has 0 spiro atoms. The molecule has 2 aromatic heterocycles. The number of hydrogen-bond acceptors (Lipinski definition) is 2. The van der Waals surface area contributed by atoms with Crippen molar-refractivity contribution in [2.45, 2.75) is 32.2 Å². The maximum atomic E-state index is 13.4. The average Bonchev–Trinajstić information content (AvgIpc) is 3.01. The molecule has 0 radical (unpaired) electrons. The summed E-state index contributed by atoms with van der Waals surface area (Å²) >= 11 is 7.83. The molecule has 0 bridgehead atoms. The number of aromatic nitrogens is 2. The molecular formula is C16H16ClFN2S. The first-order valence-electron chi connectivity index (χ1n) is 6.86. The molecule has 110 valence electrons. The van der Waals surface area contributed by atoms with E-state index >= 15 is 0 Å². The molecule has 2 heterocycles. The molecule has 0 aliphatic heterocycles. The second-order valence-electron chi connectivity index (χ2n) is 5.23. The van der Waals surface area contributed by atoms with Crippen molar-refractivity contribution in [3.05, 3.63) is 51.7 Å². The van der Waals surface area contributed by atoms with Crippen molar-refractivity contribution in [2.75, 3.05) is 0 Å². The third-order valence-electron chi connectivity index (χ3n) is 3.58. The molecule has 0 fully saturated rings. The minimum Gasteiger partial charge on any atom is -0.324 e. The van der Waals surface area contributed by atoms with Gasteiger partial charge in [-0.05, 0) is 38.1 Å². The predicted molar refractivity (Wildman–Crippen MR) is 86.7 cm³/mol. The van der Waals surface area contributed by atoms with E-state index in [4.69, 9.17) is 11.6 Å². The largest absolute Gasteiger partial charge is 0.324 e. The van der Waals surface area contributed by atoms with Crippen LogP contribution in [0.3, 0.4) is 0 Å². The zero-order chi connectivity index (χ0) is 15.0. The number of benzene rings is 1. The van der Waals surface area contributed by atoms with Gasteiger partial charge in [0.2, 0.25) is 0 Å². The fraction of sp³-hybridized carbons (Fsp3) is 0.312. The number of rotatable bonds is 4. The van der Waals surface area contributed by atoms with E-state index in [9.17, 15) is 4.39 Å². The Bertz CT molecular complexity index is 778. The molecule has 0 saturated carbocycles. The smallest absolute Gasteiger partial charge is 0.125 e. The molecular weight excluding hydrogens is 307 g/mol. The van der Waals surface area contributed by atoms with E-state index in [0.717, 1.165) is 17.8 Å². The van der Waals surface area contributed by atoms with Crippen LogP contribution in [0.15, 0.2) is 30.3 Å². The van der Waals surface area contributed by atoms with Gasteiger partial charge in [-0.15, -0.1) is 22.9 Å².